The number of anilines is 1. The maximum absolute atomic E-state index is 12.2. The summed E-state index contributed by atoms with van der Waals surface area (Å²) in [6.45, 7) is 3.12. The number of aromatic nitrogens is 1. The number of hydrogen-bond donors (Lipinski definition) is 2. The molecule has 1 amide bonds. The van der Waals surface area contributed by atoms with Gasteiger partial charge in [0.25, 0.3) is 5.91 Å². The van der Waals surface area contributed by atoms with Crippen molar-refractivity contribution >= 4 is 11.6 Å². The van der Waals surface area contributed by atoms with E-state index in [4.69, 9.17) is 0 Å². The summed E-state index contributed by atoms with van der Waals surface area (Å²) in [5, 5.41) is 6.42. The van der Waals surface area contributed by atoms with Crippen LogP contribution in [0.25, 0.3) is 0 Å². The average Bonchev–Trinajstić information content (AvgIpc) is 2.97. The van der Waals surface area contributed by atoms with Gasteiger partial charge in [-0.1, -0.05) is 32.6 Å². The zero-order valence-corrected chi connectivity index (χ0v) is 12.3. The third-order valence-corrected chi connectivity index (χ3v) is 3.80. The number of nitrogens with one attached hydrogen (secondary N) is 2. The Morgan fingerprint density at radius 3 is 2.85 bits per heavy atom. The van der Waals surface area contributed by atoms with Gasteiger partial charge in [-0.15, -0.1) is 0 Å². The number of carbonyl (C=O) groups excluding carboxylic acids is 1. The van der Waals surface area contributed by atoms with Crippen LogP contribution < -0.4 is 10.6 Å². The minimum absolute atomic E-state index is 0.00149. The van der Waals surface area contributed by atoms with Crippen molar-refractivity contribution in [1.29, 1.82) is 0 Å². The fourth-order valence-corrected chi connectivity index (χ4v) is 2.61. The molecule has 0 radical (unpaired) electrons. The molecule has 4 heteroatoms. The zero-order chi connectivity index (χ0) is 14.2. The summed E-state index contributed by atoms with van der Waals surface area (Å²) >= 11 is 0. The molecule has 0 bridgehead atoms. The Balaban J connectivity index is 1.85. The molecule has 1 aromatic heterocycles. The third kappa shape index (κ3) is 4.51. The van der Waals surface area contributed by atoms with Crippen molar-refractivity contribution in [2.75, 3.05) is 11.9 Å². The van der Waals surface area contributed by atoms with Crippen LogP contribution in [0.5, 0.6) is 0 Å². The van der Waals surface area contributed by atoms with Gasteiger partial charge in [-0.3, -0.25) is 9.78 Å². The van der Waals surface area contributed by atoms with Crippen molar-refractivity contribution < 1.29 is 4.79 Å². The van der Waals surface area contributed by atoms with Gasteiger partial charge in [0.2, 0.25) is 0 Å². The Morgan fingerprint density at radius 2 is 2.10 bits per heavy atom. The topological polar surface area (TPSA) is 54.0 Å². The summed E-state index contributed by atoms with van der Waals surface area (Å²) in [4.78, 5) is 16.3. The minimum atomic E-state index is 0.00149. The molecule has 1 heterocycles. The van der Waals surface area contributed by atoms with Gasteiger partial charge in [0.15, 0.2) is 0 Å². The molecule has 0 aromatic carbocycles. The first kappa shape index (κ1) is 14.8. The maximum atomic E-state index is 12.2. The second kappa shape index (κ2) is 7.88. The standard InChI is InChI=1S/C16H25N3O/c1-2-3-6-9-18-15-10-13(11-17-12-15)16(20)19-14-7-4-5-8-14/h10-12,14,18H,2-9H2,1H3,(H,19,20). The van der Waals surface area contributed by atoms with Gasteiger partial charge in [-0.05, 0) is 25.3 Å². The number of rotatable bonds is 7. The molecule has 0 saturated heterocycles. The summed E-state index contributed by atoms with van der Waals surface area (Å²) in [5.41, 5.74) is 1.58. The first-order valence-electron chi connectivity index (χ1n) is 7.79. The highest BCUT2D eigenvalue weighted by Crippen LogP contribution is 2.18. The van der Waals surface area contributed by atoms with E-state index in [1.54, 1.807) is 12.4 Å². The Kier molecular flexibility index (Phi) is 5.84. The van der Waals surface area contributed by atoms with E-state index in [0.29, 0.717) is 11.6 Å². The lowest BCUT2D eigenvalue weighted by Gasteiger charge is -2.12. The first-order chi connectivity index (χ1) is 9.79. The van der Waals surface area contributed by atoms with E-state index in [-0.39, 0.29) is 5.91 Å². The van der Waals surface area contributed by atoms with Crippen molar-refractivity contribution in [2.45, 2.75) is 57.9 Å². The maximum Gasteiger partial charge on any atom is 0.253 e. The van der Waals surface area contributed by atoms with E-state index in [1.165, 1.54) is 25.7 Å². The molecule has 1 aliphatic rings. The number of unbranched alkanes of at least 4 members (excludes halogenated alkanes) is 2. The minimum Gasteiger partial charge on any atom is -0.384 e. The van der Waals surface area contributed by atoms with Crippen molar-refractivity contribution in [3.05, 3.63) is 24.0 Å². The van der Waals surface area contributed by atoms with Crippen LogP contribution in [0, 0.1) is 0 Å². The van der Waals surface area contributed by atoms with Gasteiger partial charge in [0, 0.05) is 25.0 Å². The molecule has 1 saturated carbocycles. The van der Waals surface area contributed by atoms with Crippen molar-refractivity contribution in [3.8, 4) is 0 Å². The lowest BCUT2D eigenvalue weighted by atomic mass is 10.2. The molecule has 1 aliphatic carbocycles. The molecule has 0 aliphatic heterocycles. The molecule has 110 valence electrons. The summed E-state index contributed by atoms with van der Waals surface area (Å²) in [7, 11) is 0. The molecular formula is C16H25N3O. The fourth-order valence-electron chi connectivity index (χ4n) is 2.61. The van der Waals surface area contributed by atoms with Crippen LogP contribution in [0.1, 0.15) is 62.2 Å². The Bertz CT molecular complexity index is 427. The van der Waals surface area contributed by atoms with Gasteiger partial charge in [-0.2, -0.15) is 0 Å². The van der Waals surface area contributed by atoms with E-state index in [1.807, 2.05) is 6.07 Å². The molecule has 20 heavy (non-hydrogen) atoms. The predicted molar refractivity (Wildman–Crippen MR) is 82.0 cm³/mol. The second-order valence-corrected chi connectivity index (χ2v) is 5.55. The van der Waals surface area contributed by atoms with Crippen LogP contribution in [0.3, 0.4) is 0 Å². The Morgan fingerprint density at radius 1 is 1.30 bits per heavy atom. The highest BCUT2D eigenvalue weighted by molar-refractivity contribution is 5.94. The van der Waals surface area contributed by atoms with E-state index in [2.05, 4.69) is 22.5 Å². The quantitative estimate of drug-likeness (QED) is 0.750. The third-order valence-electron chi connectivity index (χ3n) is 3.80. The largest absolute Gasteiger partial charge is 0.384 e. The molecule has 2 N–H and O–H groups in total. The second-order valence-electron chi connectivity index (χ2n) is 5.55. The van der Waals surface area contributed by atoms with Crippen LogP contribution in [-0.2, 0) is 0 Å². The van der Waals surface area contributed by atoms with E-state index >= 15 is 0 Å². The number of hydrogen-bond acceptors (Lipinski definition) is 3. The number of amides is 1. The molecule has 1 aromatic rings. The van der Waals surface area contributed by atoms with Crippen LogP contribution in [0.4, 0.5) is 5.69 Å². The molecule has 0 spiro atoms. The highest BCUT2D eigenvalue weighted by Gasteiger charge is 2.18. The molecule has 0 unspecified atom stereocenters. The predicted octanol–water partition coefficient (Wildman–Crippen LogP) is 3.36. The van der Waals surface area contributed by atoms with Crippen molar-refractivity contribution in [3.63, 3.8) is 0 Å². The normalized spacial score (nSPS) is 15.2. The number of carbonyl (C=O) groups is 1. The van der Waals surface area contributed by atoms with E-state index < -0.39 is 0 Å². The van der Waals surface area contributed by atoms with Crippen molar-refractivity contribution in [2.24, 2.45) is 0 Å². The van der Waals surface area contributed by atoms with Gasteiger partial charge < -0.3 is 10.6 Å². The summed E-state index contributed by atoms with van der Waals surface area (Å²) in [5.74, 6) is 0.00149. The van der Waals surface area contributed by atoms with Crippen LogP contribution in [-0.4, -0.2) is 23.5 Å². The molecule has 2 rings (SSSR count). The smallest absolute Gasteiger partial charge is 0.253 e. The first-order valence-corrected chi connectivity index (χ1v) is 7.79. The fraction of sp³-hybridized carbons (Fsp3) is 0.625. The summed E-state index contributed by atoms with van der Waals surface area (Å²) < 4.78 is 0. The lowest BCUT2D eigenvalue weighted by Crippen LogP contribution is -2.32. The lowest BCUT2D eigenvalue weighted by molar-refractivity contribution is 0.0937. The number of pyridine rings is 1. The van der Waals surface area contributed by atoms with E-state index in [9.17, 15) is 4.79 Å². The zero-order valence-electron chi connectivity index (χ0n) is 12.3. The number of nitrogens with zero attached hydrogens (tertiary/aromatic N) is 1. The average molecular weight is 275 g/mol. The van der Waals surface area contributed by atoms with Crippen LogP contribution >= 0.6 is 0 Å². The highest BCUT2D eigenvalue weighted by atomic mass is 16.1. The Hall–Kier alpha value is -1.58. The van der Waals surface area contributed by atoms with E-state index in [0.717, 1.165) is 31.5 Å². The van der Waals surface area contributed by atoms with Crippen LogP contribution in [0.2, 0.25) is 0 Å². The monoisotopic (exact) mass is 275 g/mol. The summed E-state index contributed by atoms with van der Waals surface area (Å²) in [6.07, 6.45) is 11.7. The van der Waals surface area contributed by atoms with Gasteiger partial charge in [-0.25, -0.2) is 0 Å². The van der Waals surface area contributed by atoms with Crippen molar-refractivity contribution in [1.82, 2.24) is 10.3 Å². The molecule has 1 fully saturated rings. The molecule has 4 nitrogen and oxygen atoms in total. The summed E-state index contributed by atoms with van der Waals surface area (Å²) in [6, 6.07) is 2.24. The van der Waals surface area contributed by atoms with Gasteiger partial charge >= 0.3 is 0 Å². The molecular weight excluding hydrogens is 250 g/mol. The Labute approximate surface area is 121 Å². The van der Waals surface area contributed by atoms with Crippen LogP contribution in [0.15, 0.2) is 18.5 Å². The molecule has 0 atom stereocenters. The van der Waals surface area contributed by atoms with Gasteiger partial charge in [0.1, 0.15) is 0 Å². The SMILES string of the molecule is CCCCCNc1cncc(C(=O)NC2CCCC2)c1. The van der Waals surface area contributed by atoms with Gasteiger partial charge in [0.05, 0.1) is 11.3 Å².